The first-order valence-electron chi connectivity index (χ1n) is 8.98. The third-order valence-electron chi connectivity index (χ3n) is 3.87. The minimum atomic E-state index is -0.115. The highest BCUT2D eigenvalue weighted by atomic mass is 32.1. The highest BCUT2D eigenvalue weighted by Gasteiger charge is 2.10. The molecule has 8 nitrogen and oxygen atoms in total. The molecule has 0 spiro atoms. The van der Waals surface area contributed by atoms with Crippen LogP contribution in [0.3, 0.4) is 0 Å². The standard InChI is InChI=1S/C19H21N5O3S/c1-3-16-22-18(27-24-16)6-4-5-17(26)23-19-21-15(11-28-19)13-7-9-14(10-8-13)20-12(2)25/h7-11H,3-6H2,1-2H3,(H,20,25)(H,21,23,26). The summed E-state index contributed by atoms with van der Waals surface area (Å²) >= 11 is 1.37. The molecule has 0 atom stereocenters. The molecule has 2 aromatic heterocycles. The molecule has 0 bridgehead atoms. The van der Waals surface area contributed by atoms with E-state index in [2.05, 4.69) is 25.8 Å². The van der Waals surface area contributed by atoms with Crippen LogP contribution in [0.2, 0.25) is 0 Å². The number of aryl methyl sites for hydroxylation is 2. The van der Waals surface area contributed by atoms with Crippen LogP contribution in [0.25, 0.3) is 11.3 Å². The van der Waals surface area contributed by atoms with E-state index in [0.29, 0.717) is 36.1 Å². The van der Waals surface area contributed by atoms with Crippen molar-refractivity contribution >= 4 is 34.0 Å². The maximum absolute atomic E-state index is 12.1. The van der Waals surface area contributed by atoms with Gasteiger partial charge in [0.05, 0.1) is 5.69 Å². The SMILES string of the molecule is CCc1noc(CCCC(=O)Nc2nc(-c3ccc(NC(C)=O)cc3)cs2)n1. The maximum Gasteiger partial charge on any atom is 0.226 e. The smallest absolute Gasteiger partial charge is 0.226 e. The van der Waals surface area contributed by atoms with Gasteiger partial charge in [0.25, 0.3) is 0 Å². The number of rotatable bonds is 8. The van der Waals surface area contributed by atoms with Crippen LogP contribution in [0.1, 0.15) is 38.4 Å². The molecule has 2 amide bonds. The van der Waals surface area contributed by atoms with E-state index in [1.54, 1.807) is 0 Å². The summed E-state index contributed by atoms with van der Waals surface area (Å²) in [6, 6.07) is 7.38. The fourth-order valence-electron chi connectivity index (χ4n) is 2.51. The van der Waals surface area contributed by atoms with E-state index in [-0.39, 0.29) is 11.8 Å². The van der Waals surface area contributed by atoms with Crippen LogP contribution < -0.4 is 10.6 Å². The second kappa shape index (κ2) is 9.23. The van der Waals surface area contributed by atoms with Gasteiger partial charge < -0.3 is 15.2 Å². The number of hydrogen-bond donors (Lipinski definition) is 2. The van der Waals surface area contributed by atoms with Gasteiger partial charge in [0, 0.05) is 42.8 Å². The quantitative estimate of drug-likeness (QED) is 0.598. The fourth-order valence-corrected chi connectivity index (χ4v) is 3.24. The van der Waals surface area contributed by atoms with Gasteiger partial charge in [0.15, 0.2) is 11.0 Å². The van der Waals surface area contributed by atoms with Gasteiger partial charge >= 0.3 is 0 Å². The van der Waals surface area contributed by atoms with Crippen LogP contribution in [0.4, 0.5) is 10.8 Å². The molecule has 1 aromatic carbocycles. The molecule has 0 aliphatic rings. The number of benzene rings is 1. The molecule has 0 unspecified atom stereocenters. The minimum absolute atomic E-state index is 0.0999. The normalized spacial score (nSPS) is 10.6. The van der Waals surface area contributed by atoms with Crippen molar-refractivity contribution in [3.63, 3.8) is 0 Å². The van der Waals surface area contributed by atoms with Gasteiger partial charge in [0.2, 0.25) is 17.7 Å². The van der Waals surface area contributed by atoms with Gasteiger partial charge in [0.1, 0.15) is 0 Å². The van der Waals surface area contributed by atoms with E-state index in [0.717, 1.165) is 23.4 Å². The summed E-state index contributed by atoms with van der Waals surface area (Å²) < 4.78 is 5.11. The molecule has 0 aliphatic heterocycles. The van der Waals surface area contributed by atoms with Crippen molar-refractivity contribution in [1.82, 2.24) is 15.1 Å². The van der Waals surface area contributed by atoms with Gasteiger partial charge in [-0.15, -0.1) is 11.3 Å². The molecule has 0 aliphatic carbocycles. The fraction of sp³-hybridized carbons (Fsp3) is 0.316. The zero-order chi connectivity index (χ0) is 19.9. The van der Waals surface area contributed by atoms with Crippen molar-refractivity contribution in [1.29, 1.82) is 0 Å². The molecule has 2 N–H and O–H groups in total. The van der Waals surface area contributed by atoms with Crippen molar-refractivity contribution in [2.45, 2.75) is 39.5 Å². The lowest BCUT2D eigenvalue weighted by Crippen LogP contribution is -2.11. The Morgan fingerprint density at radius 2 is 1.93 bits per heavy atom. The van der Waals surface area contributed by atoms with E-state index < -0.39 is 0 Å². The first-order chi connectivity index (χ1) is 13.5. The second-order valence-electron chi connectivity index (χ2n) is 6.16. The molecular formula is C19H21N5O3S. The van der Waals surface area contributed by atoms with E-state index in [1.807, 2.05) is 36.6 Å². The molecular weight excluding hydrogens is 378 g/mol. The number of anilines is 2. The van der Waals surface area contributed by atoms with Crippen molar-refractivity contribution in [3.8, 4) is 11.3 Å². The summed E-state index contributed by atoms with van der Waals surface area (Å²) in [5.74, 6) is 1.03. The highest BCUT2D eigenvalue weighted by Crippen LogP contribution is 2.26. The number of nitrogens with zero attached hydrogens (tertiary/aromatic N) is 3. The second-order valence-corrected chi connectivity index (χ2v) is 7.01. The van der Waals surface area contributed by atoms with Gasteiger partial charge in [-0.2, -0.15) is 4.98 Å². The first-order valence-corrected chi connectivity index (χ1v) is 9.86. The van der Waals surface area contributed by atoms with Gasteiger partial charge in [-0.1, -0.05) is 24.2 Å². The van der Waals surface area contributed by atoms with Crippen LogP contribution in [0.15, 0.2) is 34.2 Å². The molecule has 0 fully saturated rings. The summed E-state index contributed by atoms with van der Waals surface area (Å²) in [6.45, 7) is 3.43. The Bertz CT molecular complexity index is 949. The van der Waals surface area contributed by atoms with E-state index >= 15 is 0 Å². The van der Waals surface area contributed by atoms with Gasteiger partial charge in [-0.25, -0.2) is 4.98 Å². The monoisotopic (exact) mass is 399 g/mol. The predicted molar refractivity (Wildman–Crippen MR) is 107 cm³/mol. The number of hydrogen-bond acceptors (Lipinski definition) is 7. The lowest BCUT2D eigenvalue weighted by atomic mass is 10.1. The van der Waals surface area contributed by atoms with Crippen LogP contribution in [-0.4, -0.2) is 26.9 Å². The van der Waals surface area contributed by atoms with Crippen molar-refractivity contribution in [3.05, 3.63) is 41.4 Å². The summed E-state index contributed by atoms with van der Waals surface area (Å²) in [7, 11) is 0. The first kappa shape index (κ1) is 19.7. The zero-order valence-corrected chi connectivity index (χ0v) is 16.5. The summed E-state index contributed by atoms with van der Waals surface area (Å²) in [4.78, 5) is 31.9. The van der Waals surface area contributed by atoms with E-state index in [1.165, 1.54) is 18.3 Å². The number of nitrogens with one attached hydrogen (secondary N) is 2. The Morgan fingerprint density at radius 1 is 1.14 bits per heavy atom. The summed E-state index contributed by atoms with van der Waals surface area (Å²) in [6.07, 6.45) is 2.28. The summed E-state index contributed by atoms with van der Waals surface area (Å²) in [5, 5.41) is 11.8. The Balaban J connectivity index is 1.49. The maximum atomic E-state index is 12.1. The third-order valence-corrected chi connectivity index (χ3v) is 4.63. The Kier molecular flexibility index (Phi) is 6.49. The van der Waals surface area contributed by atoms with Crippen LogP contribution in [0.5, 0.6) is 0 Å². The van der Waals surface area contributed by atoms with Crippen molar-refractivity contribution < 1.29 is 14.1 Å². The third kappa shape index (κ3) is 5.46. The minimum Gasteiger partial charge on any atom is -0.339 e. The number of carbonyl (C=O) groups is 2. The topological polar surface area (TPSA) is 110 Å². The Morgan fingerprint density at radius 3 is 2.61 bits per heavy atom. The molecule has 3 aromatic rings. The van der Waals surface area contributed by atoms with E-state index in [4.69, 9.17) is 4.52 Å². The number of thiazole rings is 1. The largest absolute Gasteiger partial charge is 0.339 e. The molecule has 2 heterocycles. The summed E-state index contributed by atoms with van der Waals surface area (Å²) in [5.41, 5.74) is 2.41. The predicted octanol–water partition coefficient (Wildman–Crippen LogP) is 3.68. The van der Waals surface area contributed by atoms with Crippen LogP contribution in [-0.2, 0) is 22.4 Å². The number of amides is 2. The highest BCUT2D eigenvalue weighted by molar-refractivity contribution is 7.14. The molecule has 0 radical (unpaired) electrons. The average Bonchev–Trinajstić information content (AvgIpc) is 3.31. The van der Waals surface area contributed by atoms with Crippen LogP contribution >= 0.6 is 11.3 Å². The molecule has 0 saturated carbocycles. The van der Waals surface area contributed by atoms with E-state index in [9.17, 15) is 9.59 Å². The van der Waals surface area contributed by atoms with Gasteiger partial charge in [-0.3, -0.25) is 9.59 Å². The lowest BCUT2D eigenvalue weighted by Gasteiger charge is -2.03. The molecule has 146 valence electrons. The lowest BCUT2D eigenvalue weighted by molar-refractivity contribution is -0.116. The van der Waals surface area contributed by atoms with Crippen LogP contribution in [0, 0.1) is 0 Å². The molecule has 28 heavy (non-hydrogen) atoms. The molecule has 3 rings (SSSR count). The Labute approximate surface area is 166 Å². The van der Waals surface area contributed by atoms with Crippen molar-refractivity contribution in [2.75, 3.05) is 10.6 Å². The number of aromatic nitrogens is 3. The van der Waals surface area contributed by atoms with Gasteiger partial charge in [-0.05, 0) is 18.6 Å². The average molecular weight is 399 g/mol. The number of carbonyl (C=O) groups excluding carboxylic acids is 2. The zero-order valence-electron chi connectivity index (χ0n) is 15.7. The molecule has 0 saturated heterocycles. The van der Waals surface area contributed by atoms with Crippen molar-refractivity contribution in [2.24, 2.45) is 0 Å². The Hall–Kier alpha value is -3.07. The molecule has 9 heteroatoms.